The van der Waals surface area contributed by atoms with E-state index in [1.54, 1.807) is 5.38 Å². The van der Waals surface area contributed by atoms with E-state index in [1.165, 1.54) is 12.1 Å². The molecule has 0 fully saturated rings. The van der Waals surface area contributed by atoms with Crippen molar-refractivity contribution >= 4 is 28.2 Å². The first-order valence-corrected chi connectivity index (χ1v) is 6.90. The van der Waals surface area contributed by atoms with E-state index >= 15 is 0 Å². The summed E-state index contributed by atoms with van der Waals surface area (Å²) in [5, 5.41) is 13.2. The van der Waals surface area contributed by atoms with Crippen molar-refractivity contribution in [1.29, 1.82) is 0 Å². The van der Waals surface area contributed by atoms with Gasteiger partial charge in [-0.15, -0.1) is 11.3 Å². The second-order valence-electron chi connectivity index (χ2n) is 4.25. The molecule has 2 N–H and O–H groups in total. The fourth-order valence-corrected chi connectivity index (χ4v) is 2.53. The molecule has 110 valence electrons. The molecule has 0 aliphatic heterocycles. The minimum atomic E-state index is -1.13. The van der Waals surface area contributed by atoms with Crippen LogP contribution in [0.5, 0.6) is 0 Å². The van der Waals surface area contributed by atoms with Crippen molar-refractivity contribution in [2.24, 2.45) is 0 Å². The number of carboxylic acid groups (broad SMARTS) is 1. The molecule has 1 aromatic heterocycles. The quantitative estimate of drug-likeness (QED) is 0.890. The Balaban J connectivity index is 1.96. The van der Waals surface area contributed by atoms with Crippen molar-refractivity contribution in [3.8, 4) is 0 Å². The minimum absolute atomic E-state index is 0.0151. The lowest BCUT2D eigenvalue weighted by molar-refractivity contribution is -0.116. The lowest BCUT2D eigenvalue weighted by Gasteiger charge is -2.05. The lowest BCUT2D eigenvalue weighted by Crippen LogP contribution is -2.13. The maximum Gasteiger partial charge on any atom is 0.338 e. The number of halogens is 2. The van der Waals surface area contributed by atoms with E-state index in [1.807, 2.05) is 0 Å². The maximum atomic E-state index is 13.4. The number of thiophene rings is 1. The maximum absolute atomic E-state index is 13.4. The molecule has 7 heteroatoms. The number of amides is 1. The van der Waals surface area contributed by atoms with Gasteiger partial charge in [-0.25, -0.2) is 13.6 Å². The predicted octanol–water partition coefficient (Wildman–Crippen LogP) is 3.30. The number of hydrogen-bond donors (Lipinski definition) is 2. The van der Waals surface area contributed by atoms with Crippen LogP contribution >= 0.6 is 11.3 Å². The number of benzene rings is 1. The van der Waals surface area contributed by atoms with Gasteiger partial charge >= 0.3 is 5.97 Å². The van der Waals surface area contributed by atoms with Gasteiger partial charge in [-0.05, 0) is 29.5 Å². The Morgan fingerprint density at radius 2 is 2.00 bits per heavy atom. The van der Waals surface area contributed by atoms with Crippen molar-refractivity contribution < 1.29 is 23.5 Å². The minimum Gasteiger partial charge on any atom is -0.478 e. The van der Waals surface area contributed by atoms with Gasteiger partial charge in [0.2, 0.25) is 5.91 Å². The van der Waals surface area contributed by atoms with Crippen molar-refractivity contribution in [3.63, 3.8) is 0 Å². The third-order valence-corrected chi connectivity index (χ3v) is 3.61. The largest absolute Gasteiger partial charge is 0.478 e. The molecule has 0 radical (unpaired) electrons. The number of anilines is 1. The van der Waals surface area contributed by atoms with E-state index in [4.69, 9.17) is 5.11 Å². The van der Waals surface area contributed by atoms with E-state index < -0.39 is 23.5 Å². The van der Waals surface area contributed by atoms with Crippen LogP contribution in [0.3, 0.4) is 0 Å². The van der Waals surface area contributed by atoms with Crippen LogP contribution in [0.1, 0.15) is 22.3 Å². The molecule has 0 saturated heterocycles. The molecule has 1 heterocycles. The highest BCUT2D eigenvalue weighted by atomic mass is 32.1. The Labute approximate surface area is 123 Å². The molecule has 0 aliphatic carbocycles. The number of aromatic carboxylic acids is 1. The number of nitrogens with one attached hydrogen (secondary N) is 1. The fraction of sp³-hybridized carbons (Fsp3) is 0.143. The van der Waals surface area contributed by atoms with E-state index in [0.717, 1.165) is 23.5 Å². The molecule has 0 atom stereocenters. The molecule has 4 nitrogen and oxygen atoms in total. The molecule has 1 aromatic carbocycles. The molecule has 1 amide bonds. The molecule has 2 aromatic rings. The number of carbonyl (C=O) groups excluding carboxylic acids is 1. The summed E-state index contributed by atoms with van der Waals surface area (Å²) in [7, 11) is 0. The Morgan fingerprint density at radius 1 is 1.24 bits per heavy atom. The Kier molecular flexibility index (Phi) is 4.64. The third kappa shape index (κ3) is 3.85. The zero-order valence-corrected chi connectivity index (χ0v) is 11.5. The topological polar surface area (TPSA) is 66.4 Å². The van der Waals surface area contributed by atoms with Crippen molar-refractivity contribution in [2.45, 2.75) is 12.8 Å². The number of carboxylic acids is 1. The van der Waals surface area contributed by atoms with Crippen LogP contribution in [0.2, 0.25) is 0 Å². The van der Waals surface area contributed by atoms with Crippen LogP contribution in [0.4, 0.5) is 13.8 Å². The van der Waals surface area contributed by atoms with Crippen LogP contribution in [0.25, 0.3) is 0 Å². The number of carbonyl (C=O) groups is 2. The summed E-state index contributed by atoms with van der Waals surface area (Å²) in [6.07, 6.45) is 0.0746. The SMILES string of the molecule is O=C(CCc1ccc(F)cc1F)Nc1sccc1C(=O)O. The smallest absolute Gasteiger partial charge is 0.338 e. The van der Waals surface area contributed by atoms with Gasteiger partial charge in [0.15, 0.2) is 0 Å². The van der Waals surface area contributed by atoms with Gasteiger partial charge in [0, 0.05) is 12.5 Å². The third-order valence-electron chi connectivity index (χ3n) is 2.79. The van der Waals surface area contributed by atoms with Crippen LogP contribution in [0, 0.1) is 11.6 Å². The summed E-state index contributed by atoms with van der Waals surface area (Å²) in [5.41, 5.74) is 0.248. The molecule has 0 spiro atoms. The summed E-state index contributed by atoms with van der Waals surface area (Å²) in [6.45, 7) is 0. The molecule has 21 heavy (non-hydrogen) atoms. The summed E-state index contributed by atoms with van der Waals surface area (Å²) >= 11 is 1.10. The molecule has 0 aliphatic rings. The van der Waals surface area contributed by atoms with E-state index in [2.05, 4.69) is 5.32 Å². The van der Waals surface area contributed by atoms with Crippen LogP contribution in [0.15, 0.2) is 29.6 Å². The van der Waals surface area contributed by atoms with Gasteiger partial charge in [-0.2, -0.15) is 0 Å². The first-order valence-electron chi connectivity index (χ1n) is 6.02. The van der Waals surface area contributed by atoms with E-state index in [0.29, 0.717) is 0 Å². The summed E-state index contributed by atoms with van der Waals surface area (Å²) < 4.78 is 26.1. The second kappa shape index (κ2) is 6.45. The van der Waals surface area contributed by atoms with Gasteiger partial charge in [-0.3, -0.25) is 4.79 Å². The predicted molar refractivity (Wildman–Crippen MR) is 74.6 cm³/mol. The second-order valence-corrected chi connectivity index (χ2v) is 5.17. The van der Waals surface area contributed by atoms with E-state index in [-0.39, 0.29) is 29.0 Å². The van der Waals surface area contributed by atoms with Gasteiger partial charge in [0.05, 0.1) is 5.56 Å². The number of rotatable bonds is 5. The summed E-state index contributed by atoms with van der Waals surface area (Å²) in [6, 6.07) is 4.56. The average Bonchev–Trinajstić information content (AvgIpc) is 2.86. The lowest BCUT2D eigenvalue weighted by atomic mass is 10.1. The van der Waals surface area contributed by atoms with Crippen LogP contribution in [-0.4, -0.2) is 17.0 Å². The van der Waals surface area contributed by atoms with Gasteiger partial charge < -0.3 is 10.4 Å². The van der Waals surface area contributed by atoms with Crippen LogP contribution in [-0.2, 0) is 11.2 Å². The van der Waals surface area contributed by atoms with Crippen molar-refractivity contribution in [3.05, 3.63) is 52.4 Å². The summed E-state index contributed by atoms with van der Waals surface area (Å²) in [5.74, 6) is -2.93. The number of hydrogen-bond acceptors (Lipinski definition) is 3. The zero-order chi connectivity index (χ0) is 15.4. The van der Waals surface area contributed by atoms with Crippen molar-refractivity contribution in [2.75, 3.05) is 5.32 Å². The molecule has 0 bridgehead atoms. The summed E-state index contributed by atoms with van der Waals surface area (Å²) in [4.78, 5) is 22.6. The average molecular weight is 311 g/mol. The Hall–Kier alpha value is -2.28. The highest BCUT2D eigenvalue weighted by Gasteiger charge is 2.14. The highest BCUT2D eigenvalue weighted by Crippen LogP contribution is 2.23. The van der Waals surface area contributed by atoms with Crippen molar-refractivity contribution in [1.82, 2.24) is 0 Å². The number of aryl methyl sites for hydroxylation is 1. The first-order chi connectivity index (χ1) is 9.97. The fourth-order valence-electron chi connectivity index (χ4n) is 1.74. The van der Waals surface area contributed by atoms with Gasteiger partial charge in [0.1, 0.15) is 16.6 Å². The van der Waals surface area contributed by atoms with Gasteiger partial charge in [0.25, 0.3) is 0 Å². The zero-order valence-electron chi connectivity index (χ0n) is 10.7. The Morgan fingerprint density at radius 3 is 2.67 bits per heavy atom. The molecular weight excluding hydrogens is 300 g/mol. The molecule has 0 saturated carbocycles. The Bertz CT molecular complexity index is 685. The monoisotopic (exact) mass is 311 g/mol. The normalized spacial score (nSPS) is 10.4. The molecular formula is C14H11F2NO3S. The van der Waals surface area contributed by atoms with Gasteiger partial charge in [-0.1, -0.05) is 6.07 Å². The highest BCUT2D eigenvalue weighted by molar-refractivity contribution is 7.14. The molecule has 2 rings (SSSR count). The van der Waals surface area contributed by atoms with Crippen LogP contribution < -0.4 is 5.32 Å². The first kappa shape index (κ1) is 15.1. The standard InChI is InChI=1S/C14H11F2NO3S/c15-9-3-1-8(11(16)7-9)2-4-12(18)17-13-10(14(19)20)5-6-21-13/h1,3,5-7H,2,4H2,(H,17,18)(H,19,20). The molecule has 0 unspecified atom stereocenters. The van der Waals surface area contributed by atoms with E-state index in [9.17, 15) is 18.4 Å².